The molecule has 0 spiro atoms. The Bertz CT molecular complexity index is 738. The molecule has 6 heteroatoms. The molecule has 23 heavy (non-hydrogen) atoms. The minimum atomic E-state index is -0.0743. The van der Waals surface area contributed by atoms with E-state index >= 15 is 0 Å². The second-order valence-corrected chi connectivity index (χ2v) is 7.68. The minimum Gasteiger partial charge on any atom is -0.325 e. The molecule has 1 heterocycles. The molecule has 1 aliphatic rings. The second kappa shape index (κ2) is 7.35. The van der Waals surface area contributed by atoms with E-state index in [4.69, 9.17) is 34.8 Å². The summed E-state index contributed by atoms with van der Waals surface area (Å²) >= 11 is 20.1. The smallest absolute Gasteiger partial charge is 0.228 e. The van der Waals surface area contributed by atoms with Crippen LogP contribution in [0.4, 0.5) is 0 Å². The van der Waals surface area contributed by atoms with Gasteiger partial charge in [-0.15, -0.1) is 11.8 Å². The van der Waals surface area contributed by atoms with Gasteiger partial charge in [-0.3, -0.25) is 4.79 Å². The molecule has 2 aromatic carbocycles. The number of benzene rings is 2. The molecule has 0 N–H and O–H groups in total. The first kappa shape index (κ1) is 17.0. The van der Waals surface area contributed by atoms with Crippen LogP contribution in [0, 0.1) is 0 Å². The molecule has 1 unspecified atom stereocenters. The molecule has 1 fully saturated rings. The highest BCUT2D eigenvalue weighted by atomic mass is 35.5. The third-order valence-corrected chi connectivity index (χ3v) is 5.91. The van der Waals surface area contributed by atoms with Gasteiger partial charge in [-0.2, -0.15) is 0 Å². The minimum absolute atomic E-state index is 0.0547. The van der Waals surface area contributed by atoms with E-state index in [2.05, 4.69) is 0 Å². The normalized spacial score (nSPS) is 17.5. The molecule has 1 amide bonds. The number of nitrogens with zero attached hydrogens (tertiary/aromatic N) is 1. The molecule has 2 nitrogen and oxygen atoms in total. The molecular weight excluding hydrogens is 373 g/mol. The molecule has 0 saturated carbocycles. The zero-order valence-corrected chi connectivity index (χ0v) is 15.2. The van der Waals surface area contributed by atoms with Gasteiger partial charge < -0.3 is 4.90 Å². The Balaban J connectivity index is 1.81. The lowest BCUT2D eigenvalue weighted by Gasteiger charge is -2.25. The Morgan fingerprint density at radius 1 is 1.13 bits per heavy atom. The van der Waals surface area contributed by atoms with E-state index in [0.717, 1.165) is 16.9 Å². The lowest BCUT2D eigenvalue weighted by atomic mass is 10.1. The van der Waals surface area contributed by atoms with E-state index in [0.29, 0.717) is 28.0 Å². The maximum absolute atomic E-state index is 12.7. The number of carbonyl (C=O) groups excluding carboxylic acids is 1. The summed E-state index contributed by atoms with van der Waals surface area (Å²) in [4.78, 5) is 14.6. The molecule has 0 radical (unpaired) electrons. The summed E-state index contributed by atoms with van der Waals surface area (Å²) in [5.74, 6) is 0.942. The van der Waals surface area contributed by atoms with Gasteiger partial charge >= 0.3 is 0 Å². The van der Waals surface area contributed by atoms with Crippen molar-refractivity contribution in [1.29, 1.82) is 0 Å². The Morgan fingerprint density at radius 2 is 1.91 bits per heavy atom. The number of amides is 1. The maximum Gasteiger partial charge on any atom is 0.228 e. The van der Waals surface area contributed by atoms with Crippen molar-refractivity contribution in [3.05, 3.63) is 68.7 Å². The molecule has 3 rings (SSSR count). The van der Waals surface area contributed by atoms with Crippen molar-refractivity contribution < 1.29 is 4.79 Å². The topological polar surface area (TPSA) is 20.3 Å². The fourth-order valence-corrected chi connectivity index (χ4v) is 4.68. The van der Waals surface area contributed by atoms with Crippen molar-refractivity contribution >= 4 is 52.5 Å². The lowest BCUT2D eigenvalue weighted by Crippen LogP contribution is -2.31. The summed E-state index contributed by atoms with van der Waals surface area (Å²) in [6.45, 7) is 0.706. The Hall–Kier alpha value is -0.870. The molecule has 2 aromatic rings. The molecule has 0 aliphatic carbocycles. The van der Waals surface area contributed by atoms with Gasteiger partial charge in [0.25, 0.3) is 0 Å². The fourth-order valence-electron chi connectivity index (χ4n) is 2.59. The van der Waals surface area contributed by atoms with Crippen LogP contribution >= 0.6 is 46.6 Å². The van der Waals surface area contributed by atoms with Gasteiger partial charge in [0.2, 0.25) is 5.91 Å². The predicted molar refractivity (Wildman–Crippen MR) is 98.5 cm³/mol. The van der Waals surface area contributed by atoms with Crippen LogP contribution in [-0.2, 0) is 11.2 Å². The number of hydrogen-bond donors (Lipinski definition) is 0. The maximum atomic E-state index is 12.7. The third-order valence-electron chi connectivity index (χ3n) is 3.74. The molecule has 0 bridgehead atoms. The van der Waals surface area contributed by atoms with Crippen molar-refractivity contribution in [2.45, 2.75) is 11.8 Å². The first-order valence-electron chi connectivity index (χ1n) is 7.15. The first-order valence-corrected chi connectivity index (χ1v) is 9.34. The summed E-state index contributed by atoms with van der Waals surface area (Å²) in [5.41, 5.74) is 1.77. The zero-order chi connectivity index (χ0) is 16.4. The van der Waals surface area contributed by atoms with Crippen molar-refractivity contribution in [2.75, 3.05) is 12.3 Å². The summed E-state index contributed by atoms with van der Waals surface area (Å²) in [7, 11) is 0. The SMILES string of the molecule is O=C(Cc1ccccc1Cl)N1CCSC1c1ccc(Cl)cc1Cl. The highest BCUT2D eigenvalue weighted by Crippen LogP contribution is 2.41. The van der Waals surface area contributed by atoms with Crippen LogP contribution in [0.1, 0.15) is 16.5 Å². The van der Waals surface area contributed by atoms with Gasteiger partial charge in [-0.25, -0.2) is 0 Å². The molecule has 1 atom stereocenters. The van der Waals surface area contributed by atoms with Gasteiger partial charge in [-0.1, -0.05) is 59.1 Å². The van der Waals surface area contributed by atoms with Crippen molar-refractivity contribution in [3.8, 4) is 0 Å². The van der Waals surface area contributed by atoms with Crippen LogP contribution in [0.3, 0.4) is 0 Å². The van der Waals surface area contributed by atoms with E-state index in [-0.39, 0.29) is 11.3 Å². The van der Waals surface area contributed by atoms with E-state index in [1.165, 1.54) is 0 Å². The molecule has 0 aromatic heterocycles. The molecule has 1 aliphatic heterocycles. The molecule has 120 valence electrons. The van der Waals surface area contributed by atoms with Crippen LogP contribution in [0.2, 0.25) is 15.1 Å². The average molecular weight is 387 g/mol. The number of thioether (sulfide) groups is 1. The highest BCUT2D eigenvalue weighted by Gasteiger charge is 2.32. The third kappa shape index (κ3) is 3.80. The Labute approximate surface area is 154 Å². The summed E-state index contributed by atoms with van der Waals surface area (Å²) < 4.78 is 0. The number of halogens is 3. The van der Waals surface area contributed by atoms with Crippen molar-refractivity contribution in [2.24, 2.45) is 0 Å². The quantitative estimate of drug-likeness (QED) is 0.697. The van der Waals surface area contributed by atoms with E-state index in [1.807, 2.05) is 29.2 Å². The zero-order valence-electron chi connectivity index (χ0n) is 12.1. The largest absolute Gasteiger partial charge is 0.325 e. The van der Waals surface area contributed by atoms with Crippen molar-refractivity contribution in [1.82, 2.24) is 4.90 Å². The van der Waals surface area contributed by atoms with E-state index in [9.17, 15) is 4.79 Å². The van der Waals surface area contributed by atoms with Crippen LogP contribution in [0.5, 0.6) is 0 Å². The Morgan fingerprint density at radius 3 is 2.65 bits per heavy atom. The van der Waals surface area contributed by atoms with Gasteiger partial charge in [0, 0.05) is 32.9 Å². The van der Waals surface area contributed by atoms with E-state index < -0.39 is 0 Å². The molecule has 1 saturated heterocycles. The monoisotopic (exact) mass is 385 g/mol. The van der Waals surface area contributed by atoms with Crippen molar-refractivity contribution in [3.63, 3.8) is 0 Å². The second-order valence-electron chi connectivity index (χ2n) is 5.24. The predicted octanol–water partition coefficient (Wildman–Crippen LogP) is 5.46. The van der Waals surface area contributed by atoms with Crippen LogP contribution in [0.15, 0.2) is 42.5 Å². The van der Waals surface area contributed by atoms with Gasteiger partial charge in [0.05, 0.1) is 6.42 Å². The number of hydrogen-bond acceptors (Lipinski definition) is 2. The molecular formula is C17H14Cl3NOS. The van der Waals surface area contributed by atoms with Gasteiger partial charge in [0.1, 0.15) is 5.37 Å². The average Bonchev–Trinajstić information content (AvgIpc) is 2.99. The summed E-state index contributed by atoms with van der Waals surface area (Å²) in [6, 6.07) is 12.8. The van der Waals surface area contributed by atoms with Gasteiger partial charge in [0.15, 0.2) is 0 Å². The standard InChI is InChI=1S/C17H14Cl3NOS/c18-12-5-6-13(15(20)10-12)17-21(7-8-23-17)16(22)9-11-3-1-2-4-14(11)19/h1-6,10,17H,7-9H2. The first-order chi connectivity index (χ1) is 11.1. The van der Waals surface area contributed by atoms with Gasteiger partial charge in [-0.05, 0) is 23.8 Å². The van der Waals surface area contributed by atoms with Crippen LogP contribution in [-0.4, -0.2) is 23.1 Å². The van der Waals surface area contributed by atoms with E-state index in [1.54, 1.807) is 30.0 Å². The number of rotatable bonds is 3. The summed E-state index contributed by atoms with van der Waals surface area (Å²) in [6.07, 6.45) is 0.294. The van der Waals surface area contributed by atoms with Crippen LogP contribution < -0.4 is 0 Å². The highest BCUT2D eigenvalue weighted by molar-refractivity contribution is 7.99. The summed E-state index contributed by atoms with van der Waals surface area (Å²) in [5, 5.41) is 1.73. The van der Waals surface area contributed by atoms with Crippen LogP contribution in [0.25, 0.3) is 0 Å². The fraction of sp³-hybridized carbons (Fsp3) is 0.235. The number of carbonyl (C=O) groups is 1. The Kier molecular flexibility index (Phi) is 5.42. The lowest BCUT2D eigenvalue weighted by molar-refractivity contribution is -0.130.